The van der Waals surface area contributed by atoms with Crippen molar-refractivity contribution in [2.24, 2.45) is 5.92 Å². The Bertz CT molecular complexity index is 265. The van der Waals surface area contributed by atoms with Gasteiger partial charge in [-0.15, -0.1) is 0 Å². The molecule has 0 spiro atoms. The van der Waals surface area contributed by atoms with Crippen LogP contribution in [-0.2, 0) is 9.53 Å². The molecular weight excluding hydrogens is 218 g/mol. The van der Waals surface area contributed by atoms with Crippen LogP contribution in [0.5, 0.6) is 0 Å². The van der Waals surface area contributed by atoms with E-state index in [0.717, 1.165) is 0 Å². The van der Waals surface area contributed by atoms with Gasteiger partial charge in [0, 0.05) is 5.92 Å². The van der Waals surface area contributed by atoms with Crippen molar-refractivity contribution in [2.75, 3.05) is 19.7 Å². The number of aliphatic hydroxyl groups is 1. The Morgan fingerprint density at radius 1 is 1.35 bits per heavy atom. The SMILES string of the molecule is C[C@H](O)C(=O)OC[C@H]1CCC[NH+]2CCCC[C@H]12. The molecule has 2 aliphatic heterocycles. The fraction of sp³-hybridized carbons (Fsp3) is 0.923. The zero-order valence-electron chi connectivity index (χ0n) is 10.7. The topological polar surface area (TPSA) is 51.0 Å². The standard InChI is InChI=1S/C13H23NO3/c1-10(15)13(16)17-9-11-5-4-8-14-7-3-2-6-12(11)14/h10-12,15H,2-9H2,1H3/p+1/t10-,11+,12+/m0/s1. The van der Waals surface area contributed by atoms with Crippen LogP contribution in [0.3, 0.4) is 0 Å². The van der Waals surface area contributed by atoms with Crippen LogP contribution in [0.1, 0.15) is 39.0 Å². The molecule has 1 unspecified atom stereocenters. The second-order valence-electron chi connectivity index (χ2n) is 5.47. The minimum atomic E-state index is -0.992. The number of ether oxygens (including phenoxy) is 1. The van der Waals surface area contributed by atoms with E-state index in [1.807, 2.05) is 0 Å². The van der Waals surface area contributed by atoms with Gasteiger partial charge in [0.25, 0.3) is 0 Å². The number of rotatable bonds is 3. The molecule has 98 valence electrons. The van der Waals surface area contributed by atoms with Crippen molar-refractivity contribution in [1.82, 2.24) is 0 Å². The largest absolute Gasteiger partial charge is 0.463 e. The number of hydrogen-bond donors (Lipinski definition) is 2. The van der Waals surface area contributed by atoms with Crippen molar-refractivity contribution < 1.29 is 19.5 Å². The lowest BCUT2D eigenvalue weighted by atomic mass is 9.84. The summed E-state index contributed by atoms with van der Waals surface area (Å²) in [4.78, 5) is 13.0. The number of quaternary nitrogens is 1. The fourth-order valence-corrected chi connectivity index (χ4v) is 3.29. The molecule has 2 aliphatic rings. The number of esters is 1. The lowest BCUT2D eigenvalue weighted by Crippen LogP contribution is -3.18. The Hall–Kier alpha value is -0.610. The molecule has 17 heavy (non-hydrogen) atoms. The molecule has 0 amide bonds. The van der Waals surface area contributed by atoms with Crippen LogP contribution in [0.15, 0.2) is 0 Å². The summed E-state index contributed by atoms with van der Waals surface area (Å²) in [6.07, 6.45) is 5.34. The third kappa shape index (κ3) is 3.19. The van der Waals surface area contributed by atoms with Crippen molar-refractivity contribution >= 4 is 5.97 Å². The van der Waals surface area contributed by atoms with Gasteiger partial charge < -0.3 is 14.7 Å². The van der Waals surface area contributed by atoms with Gasteiger partial charge >= 0.3 is 5.97 Å². The van der Waals surface area contributed by atoms with Gasteiger partial charge in [-0.05, 0) is 39.0 Å². The van der Waals surface area contributed by atoms with Gasteiger partial charge in [0.15, 0.2) is 0 Å². The highest BCUT2D eigenvalue weighted by molar-refractivity contribution is 5.73. The first-order chi connectivity index (χ1) is 8.18. The van der Waals surface area contributed by atoms with Gasteiger partial charge in [0.1, 0.15) is 6.10 Å². The monoisotopic (exact) mass is 242 g/mol. The average Bonchev–Trinajstić information content (AvgIpc) is 2.35. The smallest absolute Gasteiger partial charge is 0.334 e. The maximum Gasteiger partial charge on any atom is 0.334 e. The van der Waals surface area contributed by atoms with Gasteiger partial charge in [-0.2, -0.15) is 0 Å². The van der Waals surface area contributed by atoms with Crippen LogP contribution >= 0.6 is 0 Å². The highest BCUT2D eigenvalue weighted by Gasteiger charge is 2.37. The first-order valence-corrected chi connectivity index (χ1v) is 6.88. The minimum absolute atomic E-state index is 0.479. The van der Waals surface area contributed by atoms with Crippen LogP contribution in [0.25, 0.3) is 0 Å². The number of piperidine rings is 2. The molecule has 0 aromatic rings. The van der Waals surface area contributed by atoms with Crippen LogP contribution in [0.2, 0.25) is 0 Å². The Kier molecular flexibility index (Phi) is 4.40. The summed E-state index contributed by atoms with van der Waals surface area (Å²) in [7, 11) is 0. The lowest BCUT2D eigenvalue weighted by Gasteiger charge is -2.41. The molecule has 0 bridgehead atoms. The van der Waals surface area contributed by atoms with Crippen molar-refractivity contribution in [1.29, 1.82) is 0 Å². The number of hydrogen-bond acceptors (Lipinski definition) is 3. The van der Waals surface area contributed by atoms with E-state index in [2.05, 4.69) is 0 Å². The third-order valence-electron chi connectivity index (χ3n) is 4.21. The number of carbonyl (C=O) groups is 1. The van der Waals surface area contributed by atoms with Crippen molar-refractivity contribution in [2.45, 2.75) is 51.2 Å². The predicted molar refractivity (Wildman–Crippen MR) is 63.7 cm³/mol. The van der Waals surface area contributed by atoms with E-state index >= 15 is 0 Å². The minimum Gasteiger partial charge on any atom is -0.463 e. The molecule has 2 N–H and O–H groups in total. The van der Waals surface area contributed by atoms with Crippen LogP contribution in [0.4, 0.5) is 0 Å². The lowest BCUT2D eigenvalue weighted by molar-refractivity contribution is -0.940. The number of aliphatic hydroxyl groups excluding tert-OH is 1. The number of fused-ring (bicyclic) bond motifs is 1. The molecule has 4 nitrogen and oxygen atoms in total. The van der Waals surface area contributed by atoms with E-state index in [-0.39, 0.29) is 0 Å². The summed E-state index contributed by atoms with van der Waals surface area (Å²) in [6, 6.07) is 0.680. The normalized spacial score (nSPS) is 34.8. The first kappa shape index (κ1) is 12.8. The highest BCUT2D eigenvalue weighted by Crippen LogP contribution is 2.20. The number of nitrogens with one attached hydrogen (secondary N) is 1. The summed E-state index contributed by atoms with van der Waals surface area (Å²) in [5.74, 6) is 0.0229. The molecule has 2 rings (SSSR count). The van der Waals surface area contributed by atoms with Gasteiger partial charge in [-0.25, -0.2) is 4.79 Å². The molecular formula is C13H24NO3+. The van der Waals surface area contributed by atoms with Gasteiger partial charge in [-0.3, -0.25) is 0 Å². The summed E-state index contributed by atoms with van der Waals surface area (Å²) < 4.78 is 5.19. The second kappa shape index (κ2) is 5.83. The van der Waals surface area contributed by atoms with Gasteiger partial charge in [-0.1, -0.05) is 0 Å². The Labute approximate surface area is 103 Å². The zero-order valence-corrected chi connectivity index (χ0v) is 10.7. The summed E-state index contributed by atoms with van der Waals surface area (Å²) in [6.45, 7) is 4.52. The van der Waals surface area contributed by atoms with E-state index in [1.54, 1.807) is 4.90 Å². The Morgan fingerprint density at radius 2 is 2.12 bits per heavy atom. The highest BCUT2D eigenvalue weighted by atomic mass is 16.5. The predicted octanol–water partition coefficient (Wildman–Crippen LogP) is -0.242. The molecule has 0 aliphatic carbocycles. The molecule has 2 fully saturated rings. The molecule has 2 saturated heterocycles. The van der Waals surface area contributed by atoms with Crippen molar-refractivity contribution in [3.63, 3.8) is 0 Å². The molecule has 2 heterocycles. The maximum atomic E-state index is 11.3. The quantitative estimate of drug-likeness (QED) is 0.672. The second-order valence-corrected chi connectivity index (χ2v) is 5.47. The summed E-state index contributed by atoms with van der Waals surface area (Å²) >= 11 is 0. The van der Waals surface area contributed by atoms with Crippen LogP contribution in [0, 0.1) is 5.92 Å². The molecule has 4 atom stereocenters. The first-order valence-electron chi connectivity index (χ1n) is 6.88. The Balaban J connectivity index is 1.84. The van der Waals surface area contributed by atoms with Crippen molar-refractivity contribution in [3.05, 3.63) is 0 Å². The van der Waals surface area contributed by atoms with Crippen LogP contribution in [-0.4, -0.2) is 42.9 Å². The third-order valence-corrected chi connectivity index (χ3v) is 4.21. The van der Waals surface area contributed by atoms with E-state index in [1.165, 1.54) is 52.1 Å². The maximum absolute atomic E-state index is 11.3. The molecule has 0 aromatic heterocycles. The van der Waals surface area contributed by atoms with Gasteiger partial charge in [0.05, 0.1) is 25.7 Å². The molecule has 0 radical (unpaired) electrons. The number of carbonyl (C=O) groups excluding carboxylic acids is 1. The van der Waals surface area contributed by atoms with E-state index in [4.69, 9.17) is 9.84 Å². The molecule has 0 saturated carbocycles. The van der Waals surface area contributed by atoms with E-state index < -0.39 is 12.1 Å². The fourth-order valence-electron chi connectivity index (χ4n) is 3.29. The van der Waals surface area contributed by atoms with Crippen molar-refractivity contribution in [3.8, 4) is 0 Å². The van der Waals surface area contributed by atoms with Gasteiger partial charge in [0.2, 0.25) is 0 Å². The van der Waals surface area contributed by atoms with Crippen LogP contribution < -0.4 is 4.90 Å². The zero-order chi connectivity index (χ0) is 12.3. The molecule has 4 heteroatoms. The van der Waals surface area contributed by atoms with E-state index in [0.29, 0.717) is 18.6 Å². The average molecular weight is 242 g/mol. The van der Waals surface area contributed by atoms with E-state index in [9.17, 15) is 4.79 Å². The summed E-state index contributed by atoms with van der Waals surface area (Å²) in [5, 5.41) is 9.10. The molecule has 0 aromatic carbocycles. The Morgan fingerprint density at radius 3 is 2.88 bits per heavy atom. The summed E-state index contributed by atoms with van der Waals surface area (Å²) in [5.41, 5.74) is 0.